The number of fused-ring (bicyclic) bond motifs is 1. The number of hydrogen-bond donors (Lipinski definition) is 1. The van der Waals surface area contributed by atoms with E-state index >= 15 is 0 Å². The number of benzene rings is 1. The van der Waals surface area contributed by atoms with Crippen molar-refractivity contribution < 1.29 is 4.74 Å². The molecule has 1 aliphatic rings. The van der Waals surface area contributed by atoms with Gasteiger partial charge >= 0.3 is 0 Å². The molecule has 0 aliphatic carbocycles. The third-order valence-electron chi connectivity index (χ3n) is 2.20. The summed E-state index contributed by atoms with van der Waals surface area (Å²) >= 11 is 5.95. The van der Waals surface area contributed by atoms with Gasteiger partial charge in [-0.15, -0.1) is 12.4 Å². The molecule has 1 aromatic rings. The summed E-state index contributed by atoms with van der Waals surface area (Å²) in [6.07, 6.45) is 0. The van der Waals surface area contributed by atoms with Crippen molar-refractivity contribution in [3.05, 3.63) is 28.3 Å². The summed E-state index contributed by atoms with van der Waals surface area (Å²) in [6.45, 7) is 2.53. The van der Waals surface area contributed by atoms with Gasteiger partial charge in [-0.2, -0.15) is 0 Å². The molecule has 13 heavy (non-hydrogen) atoms. The minimum Gasteiger partial charge on any atom is -0.491 e. The lowest BCUT2D eigenvalue weighted by atomic mass is 10.0. The summed E-state index contributed by atoms with van der Waals surface area (Å²) in [5, 5.41) is 0.759. The van der Waals surface area contributed by atoms with Crippen LogP contribution in [0.4, 0.5) is 0 Å². The molecule has 0 amide bonds. The lowest BCUT2D eigenvalue weighted by Gasteiger charge is -2.06. The first-order chi connectivity index (χ1) is 5.70. The largest absolute Gasteiger partial charge is 0.491 e. The minimum absolute atomic E-state index is 0. The van der Waals surface area contributed by atoms with Crippen molar-refractivity contribution in [1.82, 2.24) is 0 Å². The first kappa shape index (κ1) is 10.6. The molecular formula is C9H11Cl2NO. The van der Waals surface area contributed by atoms with Crippen molar-refractivity contribution in [2.24, 2.45) is 5.73 Å². The van der Waals surface area contributed by atoms with E-state index in [4.69, 9.17) is 22.1 Å². The van der Waals surface area contributed by atoms with Crippen LogP contribution in [0.1, 0.15) is 17.2 Å². The van der Waals surface area contributed by atoms with Crippen LogP contribution in [0.5, 0.6) is 5.75 Å². The molecule has 0 fully saturated rings. The second-order valence-corrected chi connectivity index (χ2v) is 3.41. The van der Waals surface area contributed by atoms with E-state index in [-0.39, 0.29) is 18.4 Å². The van der Waals surface area contributed by atoms with Crippen LogP contribution in [0.15, 0.2) is 12.1 Å². The number of ether oxygens (including phenoxy) is 1. The van der Waals surface area contributed by atoms with E-state index in [0.29, 0.717) is 6.61 Å². The first-order valence-electron chi connectivity index (χ1n) is 3.87. The third kappa shape index (κ3) is 1.62. The second kappa shape index (κ2) is 3.74. The Kier molecular flexibility index (Phi) is 3.06. The maximum atomic E-state index is 5.95. The zero-order valence-corrected chi connectivity index (χ0v) is 8.78. The highest BCUT2D eigenvalue weighted by Gasteiger charge is 2.23. The van der Waals surface area contributed by atoms with Crippen molar-refractivity contribution in [3.8, 4) is 5.75 Å². The molecule has 0 spiro atoms. The predicted molar refractivity (Wildman–Crippen MR) is 55.9 cm³/mol. The molecule has 0 aromatic heterocycles. The van der Waals surface area contributed by atoms with Crippen LogP contribution < -0.4 is 10.5 Å². The highest BCUT2D eigenvalue weighted by molar-refractivity contribution is 6.31. The van der Waals surface area contributed by atoms with Gasteiger partial charge in [0.1, 0.15) is 12.4 Å². The van der Waals surface area contributed by atoms with E-state index in [2.05, 4.69) is 0 Å². The normalized spacial score (nSPS) is 18.8. The molecular weight excluding hydrogens is 209 g/mol. The Morgan fingerprint density at radius 1 is 1.54 bits per heavy atom. The maximum Gasteiger partial charge on any atom is 0.124 e. The maximum absolute atomic E-state index is 5.95. The Morgan fingerprint density at radius 3 is 2.92 bits per heavy atom. The number of halogens is 2. The summed E-state index contributed by atoms with van der Waals surface area (Å²) in [4.78, 5) is 0. The summed E-state index contributed by atoms with van der Waals surface area (Å²) in [6, 6.07) is 3.70. The van der Waals surface area contributed by atoms with Gasteiger partial charge in [0.2, 0.25) is 0 Å². The molecule has 1 atom stereocenters. The van der Waals surface area contributed by atoms with Crippen LogP contribution in [-0.2, 0) is 0 Å². The fraction of sp³-hybridized carbons (Fsp3) is 0.333. The van der Waals surface area contributed by atoms with E-state index in [1.54, 1.807) is 0 Å². The van der Waals surface area contributed by atoms with Crippen LogP contribution in [0.3, 0.4) is 0 Å². The van der Waals surface area contributed by atoms with Crippen LogP contribution in [0.2, 0.25) is 5.02 Å². The summed E-state index contributed by atoms with van der Waals surface area (Å²) in [5.74, 6) is 0.879. The summed E-state index contributed by atoms with van der Waals surface area (Å²) in [5.41, 5.74) is 7.93. The fourth-order valence-electron chi connectivity index (χ4n) is 1.53. The Balaban J connectivity index is 0.000000845. The molecule has 72 valence electrons. The Bertz CT molecular complexity index is 328. The molecule has 1 unspecified atom stereocenters. The standard InChI is InChI=1S/C9H10ClNO.ClH/c1-5-6(10)2-3-8-9(5)7(11)4-12-8;/h2-3,7H,4,11H2,1H3;1H. The Hall–Kier alpha value is -0.440. The second-order valence-electron chi connectivity index (χ2n) is 3.00. The van der Waals surface area contributed by atoms with Crippen LogP contribution in [0, 0.1) is 6.92 Å². The zero-order chi connectivity index (χ0) is 8.72. The SMILES string of the molecule is Cc1c(Cl)ccc2c1C(N)CO2.Cl. The average molecular weight is 220 g/mol. The molecule has 0 radical (unpaired) electrons. The van der Waals surface area contributed by atoms with Crippen molar-refractivity contribution in [2.75, 3.05) is 6.61 Å². The minimum atomic E-state index is -0.0151. The van der Waals surface area contributed by atoms with Crippen LogP contribution in [-0.4, -0.2) is 6.61 Å². The fourth-order valence-corrected chi connectivity index (χ4v) is 1.69. The van der Waals surface area contributed by atoms with Crippen molar-refractivity contribution in [1.29, 1.82) is 0 Å². The van der Waals surface area contributed by atoms with Crippen LogP contribution in [0.25, 0.3) is 0 Å². The van der Waals surface area contributed by atoms with Gasteiger partial charge in [0.05, 0.1) is 6.04 Å². The number of hydrogen-bond acceptors (Lipinski definition) is 2. The number of nitrogens with two attached hydrogens (primary N) is 1. The topological polar surface area (TPSA) is 35.2 Å². The van der Waals surface area contributed by atoms with E-state index in [1.807, 2.05) is 19.1 Å². The molecule has 2 nitrogen and oxygen atoms in total. The van der Waals surface area contributed by atoms with Gasteiger partial charge in [-0.1, -0.05) is 11.6 Å². The molecule has 1 heterocycles. The molecule has 2 N–H and O–H groups in total. The van der Waals surface area contributed by atoms with E-state index in [0.717, 1.165) is 21.9 Å². The predicted octanol–water partition coefficient (Wildman–Crippen LogP) is 2.46. The van der Waals surface area contributed by atoms with Crippen molar-refractivity contribution in [3.63, 3.8) is 0 Å². The van der Waals surface area contributed by atoms with Gasteiger partial charge in [0.25, 0.3) is 0 Å². The van der Waals surface area contributed by atoms with Gasteiger partial charge in [-0.25, -0.2) is 0 Å². The molecule has 1 aliphatic heterocycles. The molecule has 0 saturated heterocycles. The quantitative estimate of drug-likeness (QED) is 0.728. The molecule has 1 aromatic carbocycles. The van der Waals surface area contributed by atoms with Crippen LogP contribution >= 0.6 is 24.0 Å². The highest BCUT2D eigenvalue weighted by Crippen LogP contribution is 2.36. The van der Waals surface area contributed by atoms with Crippen molar-refractivity contribution >= 4 is 24.0 Å². The Morgan fingerprint density at radius 2 is 2.23 bits per heavy atom. The number of rotatable bonds is 0. The van der Waals surface area contributed by atoms with E-state index in [1.165, 1.54) is 0 Å². The van der Waals surface area contributed by atoms with Gasteiger partial charge < -0.3 is 10.5 Å². The van der Waals surface area contributed by atoms with Gasteiger partial charge in [0, 0.05) is 10.6 Å². The monoisotopic (exact) mass is 219 g/mol. The molecule has 0 saturated carbocycles. The van der Waals surface area contributed by atoms with Gasteiger partial charge in [0.15, 0.2) is 0 Å². The van der Waals surface area contributed by atoms with Gasteiger partial charge in [-0.05, 0) is 24.6 Å². The van der Waals surface area contributed by atoms with Crippen molar-refractivity contribution in [2.45, 2.75) is 13.0 Å². The smallest absolute Gasteiger partial charge is 0.124 e. The summed E-state index contributed by atoms with van der Waals surface area (Å²) < 4.78 is 5.36. The zero-order valence-electron chi connectivity index (χ0n) is 7.21. The van der Waals surface area contributed by atoms with E-state index in [9.17, 15) is 0 Å². The molecule has 0 bridgehead atoms. The lowest BCUT2D eigenvalue weighted by Crippen LogP contribution is -2.11. The first-order valence-corrected chi connectivity index (χ1v) is 4.25. The average Bonchev–Trinajstić information content (AvgIpc) is 2.41. The highest BCUT2D eigenvalue weighted by atomic mass is 35.5. The van der Waals surface area contributed by atoms with E-state index < -0.39 is 0 Å². The molecule has 4 heteroatoms. The summed E-state index contributed by atoms with van der Waals surface area (Å²) in [7, 11) is 0. The third-order valence-corrected chi connectivity index (χ3v) is 2.61. The Labute approximate surface area is 88.4 Å². The molecule has 2 rings (SSSR count). The van der Waals surface area contributed by atoms with Gasteiger partial charge in [-0.3, -0.25) is 0 Å². The lowest BCUT2D eigenvalue weighted by molar-refractivity contribution is 0.333.